The molecule has 3 N–H and O–H groups in total. The van der Waals surface area contributed by atoms with Crippen LogP contribution in [0.4, 0.5) is 10.5 Å². The summed E-state index contributed by atoms with van der Waals surface area (Å²) in [6.45, 7) is 7.00. The van der Waals surface area contributed by atoms with E-state index in [9.17, 15) is 9.90 Å². The Morgan fingerprint density at radius 1 is 1.21 bits per heavy atom. The number of urea groups is 1. The van der Waals surface area contributed by atoms with Crippen molar-refractivity contribution in [1.82, 2.24) is 9.88 Å². The molecular weight excluding hydrogens is 366 g/mol. The smallest absolute Gasteiger partial charge is 0.322 e. The maximum Gasteiger partial charge on any atom is 0.322 e. The van der Waals surface area contributed by atoms with Gasteiger partial charge >= 0.3 is 6.03 Å². The Bertz CT molecular complexity index is 924. The molecule has 0 unspecified atom stereocenters. The average Bonchev–Trinajstić information content (AvgIpc) is 2.71. The number of hydrogen-bond donors (Lipinski definition) is 3. The summed E-state index contributed by atoms with van der Waals surface area (Å²) < 4.78 is 0. The number of nitrogens with zero attached hydrogens (tertiary/aromatic N) is 2. The fraction of sp³-hybridized carbons (Fsp3) is 0.391. The number of aryl methyl sites for hydroxylation is 3. The molecule has 6 nitrogen and oxygen atoms in total. The summed E-state index contributed by atoms with van der Waals surface area (Å²) in [6.07, 6.45) is 4.17. The second-order valence-electron chi connectivity index (χ2n) is 7.70. The van der Waals surface area contributed by atoms with Gasteiger partial charge in [-0.3, -0.25) is 4.98 Å². The SMILES string of the molecule is Cc1ccc(NC(=O)N2CC=C(c3ncc(C[C@@H](O)CO)cc3C)CC2)cc1C. The molecule has 2 heterocycles. The highest BCUT2D eigenvalue weighted by molar-refractivity contribution is 5.90. The molecule has 1 aliphatic heterocycles. The van der Waals surface area contributed by atoms with E-state index >= 15 is 0 Å². The number of pyridine rings is 1. The molecule has 3 rings (SSSR count). The minimum Gasteiger partial charge on any atom is -0.394 e. The fourth-order valence-corrected chi connectivity index (χ4v) is 3.51. The second kappa shape index (κ2) is 9.20. The summed E-state index contributed by atoms with van der Waals surface area (Å²) in [5.74, 6) is 0. The van der Waals surface area contributed by atoms with E-state index in [4.69, 9.17) is 5.11 Å². The van der Waals surface area contributed by atoms with Crippen molar-refractivity contribution in [2.45, 2.75) is 39.7 Å². The second-order valence-corrected chi connectivity index (χ2v) is 7.70. The zero-order valence-electron chi connectivity index (χ0n) is 17.3. The van der Waals surface area contributed by atoms with Gasteiger partial charge in [0.2, 0.25) is 0 Å². The number of nitrogens with one attached hydrogen (secondary N) is 1. The van der Waals surface area contributed by atoms with Crippen LogP contribution in [0.1, 0.15) is 34.4 Å². The Hall–Kier alpha value is -2.70. The highest BCUT2D eigenvalue weighted by Crippen LogP contribution is 2.25. The van der Waals surface area contributed by atoms with Crippen molar-refractivity contribution in [3.63, 3.8) is 0 Å². The van der Waals surface area contributed by atoms with Crippen LogP contribution < -0.4 is 5.32 Å². The molecule has 0 fully saturated rings. The molecule has 0 saturated carbocycles. The lowest BCUT2D eigenvalue weighted by Gasteiger charge is -2.27. The Balaban J connectivity index is 1.64. The number of aliphatic hydroxyl groups excluding tert-OH is 2. The van der Waals surface area contributed by atoms with Gasteiger partial charge in [0.15, 0.2) is 0 Å². The van der Waals surface area contributed by atoms with E-state index in [-0.39, 0.29) is 12.6 Å². The topological polar surface area (TPSA) is 85.7 Å². The van der Waals surface area contributed by atoms with Gasteiger partial charge in [0.25, 0.3) is 0 Å². The van der Waals surface area contributed by atoms with Crippen LogP contribution in [0.25, 0.3) is 5.57 Å². The van der Waals surface area contributed by atoms with Gasteiger partial charge < -0.3 is 20.4 Å². The first kappa shape index (κ1) is 21.0. The number of aromatic nitrogens is 1. The minimum atomic E-state index is -0.764. The molecule has 0 radical (unpaired) electrons. The van der Waals surface area contributed by atoms with E-state index in [0.717, 1.165) is 40.1 Å². The molecule has 2 amide bonds. The molecule has 1 aromatic heterocycles. The number of benzene rings is 1. The molecule has 154 valence electrons. The van der Waals surface area contributed by atoms with Gasteiger partial charge in [-0.15, -0.1) is 0 Å². The maximum atomic E-state index is 12.6. The van der Waals surface area contributed by atoms with E-state index in [0.29, 0.717) is 19.5 Å². The predicted molar refractivity (Wildman–Crippen MR) is 115 cm³/mol. The van der Waals surface area contributed by atoms with Crippen molar-refractivity contribution in [1.29, 1.82) is 0 Å². The van der Waals surface area contributed by atoms with E-state index in [2.05, 4.69) is 23.3 Å². The van der Waals surface area contributed by atoms with Gasteiger partial charge in [-0.1, -0.05) is 18.2 Å². The molecule has 0 aliphatic carbocycles. The molecule has 0 spiro atoms. The highest BCUT2D eigenvalue weighted by atomic mass is 16.3. The van der Waals surface area contributed by atoms with Crippen LogP contribution in [0.15, 0.2) is 36.5 Å². The zero-order chi connectivity index (χ0) is 21.0. The van der Waals surface area contributed by atoms with Crippen LogP contribution >= 0.6 is 0 Å². The first-order chi connectivity index (χ1) is 13.9. The number of aliphatic hydroxyl groups is 2. The van der Waals surface area contributed by atoms with Gasteiger partial charge in [-0.05, 0) is 67.2 Å². The van der Waals surface area contributed by atoms with Gasteiger partial charge in [-0.2, -0.15) is 0 Å². The number of hydrogen-bond acceptors (Lipinski definition) is 4. The summed E-state index contributed by atoms with van der Waals surface area (Å²) in [5.41, 5.74) is 7.17. The van der Waals surface area contributed by atoms with Crippen molar-refractivity contribution >= 4 is 17.3 Å². The minimum absolute atomic E-state index is 0.0958. The van der Waals surface area contributed by atoms with Crippen molar-refractivity contribution in [2.75, 3.05) is 25.0 Å². The fourth-order valence-electron chi connectivity index (χ4n) is 3.51. The normalized spacial score (nSPS) is 15.1. The molecule has 0 bridgehead atoms. The van der Waals surface area contributed by atoms with E-state index in [1.165, 1.54) is 5.56 Å². The number of anilines is 1. The Kier molecular flexibility index (Phi) is 6.67. The van der Waals surface area contributed by atoms with Crippen LogP contribution in [-0.2, 0) is 6.42 Å². The van der Waals surface area contributed by atoms with Crippen LogP contribution in [0, 0.1) is 20.8 Å². The lowest BCUT2D eigenvalue weighted by Crippen LogP contribution is -2.38. The van der Waals surface area contributed by atoms with Gasteiger partial charge in [0.05, 0.1) is 18.4 Å². The number of carbonyl (C=O) groups is 1. The Morgan fingerprint density at radius 3 is 2.62 bits per heavy atom. The predicted octanol–water partition coefficient (Wildman–Crippen LogP) is 3.22. The third-order valence-electron chi connectivity index (χ3n) is 5.38. The summed E-state index contributed by atoms with van der Waals surface area (Å²) in [4.78, 5) is 18.9. The van der Waals surface area contributed by atoms with E-state index in [1.54, 1.807) is 11.1 Å². The van der Waals surface area contributed by atoms with Crippen LogP contribution in [0.5, 0.6) is 0 Å². The lowest BCUT2D eigenvalue weighted by atomic mass is 9.99. The lowest BCUT2D eigenvalue weighted by molar-refractivity contribution is 0.0954. The van der Waals surface area contributed by atoms with Gasteiger partial charge in [0, 0.05) is 31.4 Å². The largest absolute Gasteiger partial charge is 0.394 e. The van der Waals surface area contributed by atoms with Crippen molar-refractivity contribution in [3.05, 3.63) is 64.5 Å². The summed E-state index contributed by atoms with van der Waals surface area (Å²) >= 11 is 0. The summed E-state index contributed by atoms with van der Waals surface area (Å²) in [7, 11) is 0. The molecule has 29 heavy (non-hydrogen) atoms. The first-order valence-electron chi connectivity index (χ1n) is 9.94. The molecular formula is C23H29N3O3. The van der Waals surface area contributed by atoms with E-state index in [1.807, 2.05) is 38.1 Å². The molecule has 1 aromatic carbocycles. The summed E-state index contributed by atoms with van der Waals surface area (Å²) in [5, 5.41) is 21.6. The van der Waals surface area contributed by atoms with E-state index < -0.39 is 6.10 Å². The van der Waals surface area contributed by atoms with Gasteiger partial charge in [0.1, 0.15) is 0 Å². The molecule has 1 aliphatic rings. The van der Waals surface area contributed by atoms with Crippen molar-refractivity contribution in [3.8, 4) is 0 Å². The molecule has 6 heteroatoms. The Labute approximate surface area is 171 Å². The van der Waals surface area contributed by atoms with Crippen molar-refractivity contribution in [2.24, 2.45) is 0 Å². The molecule has 0 saturated heterocycles. The maximum absolute atomic E-state index is 12.6. The summed E-state index contributed by atoms with van der Waals surface area (Å²) in [6, 6.07) is 7.83. The number of amides is 2. The van der Waals surface area contributed by atoms with Crippen LogP contribution in [-0.4, -0.2) is 51.9 Å². The Morgan fingerprint density at radius 2 is 2.00 bits per heavy atom. The monoisotopic (exact) mass is 395 g/mol. The third kappa shape index (κ3) is 5.22. The highest BCUT2D eigenvalue weighted by Gasteiger charge is 2.20. The molecule has 1 atom stereocenters. The molecule has 2 aromatic rings. The quantitative estimate of drug-likeness (QED) is 0.726. The number of rotatable bonds is 5. The zero-order valence-corrected chi connectivity index (χ0v) is 17.3. The van der Waals surface area contributed by atoms with Gasteiger partial charge in [-0.25, -0.2) is 4.79 Å². The third-order valence-corrected chi connectivity index (χ3v) is 5.38. The van der Waals surface area contributed by atoms with Crippen LogP contribution in [0.2, 0.25) is 0 Å². The average molecular weight is 396 g/mol. The van der Waals surface area contributed by atoms with Crippen molar-refractivity contribution < 1.29 is 15.0 Å². The van der Waals surface area contributed by atoms with Crippen LogP contribution in [0.3, 0.4) is 0 Å². The standard InChI is InChI=1S/C23H29N3O3/c1-15-4-5-20(11-16(15)2)25-23(29)26-8-6-19(7-9-26)22-17(3)10-18(13-24-22)12-21(28)14-27/h4-6,10-11,13,21,27-28H,7-9,12,14H2,1-3H3,(H,25,29)/t21-/m1/s1. The number of carbonyl (C=O) groups excluding carboxylic acids is 1. The first-order valence-corrected chi connectivity index (χ1v) is 9.94.